The summed E-state index contributed by atoms with van der Waals surface area (Å²) in [6.07, 6.45) is 3.81. The third-order valence-corrected chi connectivity index (χ3v) is 5.38. The topological polar surface area (TPSA) is 36.4 Å². The van der Waals surface area contributed by atoms with Crippen molar-refractivity contribution in [1.82, 2.24) is 10.6 Å². The van der Waals surface area contributed by atoms with Crippen molar-refractivity contribution in [3.63, 3.8) is 0 Å². The number of nitrogens with zero attached hydrogens (tertiary/aromatic N) is 1. The molecule has 0 radical (unpaired) electrons. The van der Waals surface area contributed by atoms with Crippen LogP contribution in [0.3, 0.4) is 0 Å². The Hall–Kier alpha value is -0.430. The van der Waals surface area contributed by atoms with Gasteiger partial charge in [-0.25, -0.2) is 0 Å². The summed E-state index contributed by atoms with van der Waals surface area (Å²) < 4.78 is 0. The number of hydrogen-bond donors (Lipinski definition) is 2. The maximum atomic E-state index is 4.30. The zero-order chi connectivity index (χ0) is 14.9. The molecule has 0 spiro atoms. The van der Waals surface area contributed by atoms with Gasteiger partial charge in [0.2, 0.25) is 0 Å². The van der Waals surface area contributed by atoms with Gasteiger partial charge < -0.3 is 10.6 Å². The van der Waals surface area contributed by atoms with E-state index in [-0.39, 0.29) is 24.0 Å². The van der Waals surface area contributed by atoms with Crippen molar-refractivity contribution in [3.8, 4) is 0 Å². The van der Waals surface area contributed by atoms with Gasteiger partial charge in [-0.05, 0) is 36.5 Å². The predicted octanol–water partition coefficient (Wildman–Crippen LogP) is 3.86. The van der Waals surface area contributed by atoms with Crippen LogP contribution in [0.5, 0.6) is 0 Å². The maximum Gasteiger partial charge on any atom is 0.191 e. The third-order valence-electron chi connectivity index (χ3n) is 3.98. The molecule has 1 aromatic carbocycles. The van der Waals surface area contributed by atoms with E-state index in [1.807, 2.05) is 7.05 Å². The molecule has 1 fully saturated rings. The lowest BCUT2D eigenvalue weighted by molar-refractivity contribution is 0.648. The Labute approximate surface area is 156 Å². The van der Waals surface area contributed by atoms with Gasteiger partial charge in [-0.3, -0.25) is 4.99 Å². The molecule has 0 saturated carbocycles. The largest absolute Gasteiger partial charge is 0.356 e. The third kappa shape index (κ3) is 6.77. The van der Waals surface area contributed by atoms with Crippen LogP contribution in [-0.4, -0.2) is 37.1 Å². The van der Waals surface area contributed by atoms with Gasteiger partial charge in [-0.15, -0.1) is 24.0 Å². The summed E-state index contributed by atoms with van der Waals surface area (Å²) in [4.78, 5) is 4.30. The Kier molecular flexibility index (Phi) is 9.95. The Bertz CT molecular complexity index is 433. The summed E-state index contributed by atoms with van der Waals surface area (Å²) in [7, 11) is 1.84. The molecule has 5 heteroatoms. The van der Waals surface area contributed by atoms with Gasteiger partial charge in [0.25, 0.3) is 0 Å². The number of benzene rings is 1. The van der Waals surface area contributed by atoms with E-state index in [0.29, 0.717) is 5.92 Å². The lowest BCUT2D eigenvalue weighted by atomic mass is 9.98. The lowest BCUT2D eigenvalue weighted by Gasteiger charge is -2.16. The molecular weight excluding hydrogens is 405 g/mol. The van der Waals surface area contributed by atoms with Crippen molar-refractivity contribution < 1.29 is 0 Å². The molecule has 2 N–H and O–H groups in total. The van der Waals surface area contributed by atoms with Gasteiger partial charge in [0.05, 0.1) is 0 Å². The molecule has 0 aliphatic carbocycles. The van der Waals surface area contributed by atoms with Gasteiger partial charge in [0.15, 0.2) is 5.96 Å². The first-order chi connectivity index (χ1) is 10.3. The van der Waals surface area contributed by atoms with Gasteiger partial charge in [0, 0.05) is 25.4 Å². The van der Waals surface area contributed by atoms with E-state index in [9.17, 15) is 0 Å². The highest BCUT2D eigenvalue weighted by Crippen LogP contribution is 2.25. The highest BCUT2D eigenvalue weighted by molar-refractivity contribution is 14.0. The first kappa shape index (κ1) is 19.6. The molecule has 0 bridgehead atoms. The summed E-state index contributed by atoms with van der Waals surface area (Å²) in [6, 6.07) is 10.7. The monoisotopic (exact) mass is 433 g/mol. The zero-order valence-corrected chi connectivity index (χ0v) is 16.7. The average Bonchev–Trinajstić information content (AvgIpc) is 3.04. The molecule has 1 aromatic rings. The predicted molar refractivity (Wildman–Crippen MR) is 110 cm³/mol. The summed E-state index contributed by atoms with van der Waals surface area (Å²) in [5.74, 6) is 2.82. The van der Waals surface area contributed by atoms with E-state index in [4.69, 9.17) is 0 Å². The molecule has 1 aliphatic rings. The van der Waals surface area contributed by atoms with E-state index < -0.39 is 0 Å². The minimum absolute atomic E-state index is 0. The van der Waals surface area contributed by atoms with Crippen molar-refractivity contribution in [2.24, 2.45) is 4.99 Å². The number of nitrogens with one attached hydrogen (secondary N) is 2. The van der Waals surface area contributed by atoms with E-state index in [2.05, 4.69) is 64.6 Å². The first-order valence-corrected chi connectivity index (χ1v) is 8.95. The normalized spacial score (nSPS) is 19.4. The standard InChI is InChI=1S/C17H27N3S.HI/c1-14(15-7-4-3-5-8-15)10-11-19-17(18-2)20-13-16-9-6-12-21-16;/h3-5,7-8,14,16H,6,9-13H2,1-2H3,(H2,18,19,20);1H. The van der Waals surface area contributed by atoms with E-state index in [0.717, 1.165) is 30.7 Å². The summed E-state index contributed by atoms with van der Waals surface area (Å²) >= 11 is 2.08. The van der Waals surface area contributed by atoms with Crippen LogP contribution < -0.4 is 10.6 Å². The second kappa shape index (κ2) is 11.2. The molecule has 22 heavy (non-hydrogen) atoms. The Morgan fingerprint density at radius 3 is 2.73 bits per heavy atom. The maximum absolute atomic E-state index is 4.30. The number of hydrogen-bond acceptors (Lipinski definition) is 2. The van der Waals surface area contributed by atoms with Crippen LogP contribution in [0.1, 0.15) is 37.7 Å². The fourth-order valence-electron chi connectivity index (χ4n) is 2.59. The highest BCUT2D eigenvalue weighted by Gasteiger charge is 2.15. The second-order valence-corrected chi connectivity index (χ2v) is 7.02. The minimum atomic E-state index is 0. The van der Waals surface area contributed by atoms with Crippen molar-refractivity contribution in [2.75, 3.05) is 25.9 Å². The number of thioether (sulfide) groups is 1. The first-order valence-electron chi connectivity index (χ1n) is 7.90. The smallest absolute Gasteiger partial charge is 0.191 e. The van der Waals surface area contributed by atoms with Crippen molar-refractivity contribution in [2.45, 2.75) is 37.4 Å². The molecule has 124 valence electrons. The molecule has 1 heterocycles. The fraction of sp³-hybridized carbons (Fsp3) is 0.588. The molecule has 3 nitrogen and oxygen atoms in total. The SMILES string of the molecule is CN=C(NCCC(C)c1ccccc1)NCC1CCCS1.I. The summed E-state index contributed by atoms with van der Waals surface area (Å²) in [5, 5.41) is 7.62. The number of aliphatic imine (C=N–C) groups is 1. The molecule has 1 saturated heterocycles. The molecule has 2 atom stereocenters. The van der Waals surface area contributed by atoms with Gasteiger partial charge in [-0.2, -0.15) is 11.8 Å². The van der Waals surface area contributed by atoms with E-state index in [1.54, 1.807) is 0 Å². The molecule has 0 aromatic heterocycles. The van der Waals surface area contributed by atoms with E-state index >= 15 is 0 Å². The average molecular weight is 433 g/mol. The van der Waals surface area contributed by atoms with Crippen molar-refractivity contribution >= 4 is 41.7 Å². The molecule has 2 unspecified atom stereocenters. The Morgan fingerprint density at radius 1 is 1.32 bits per heavy atom. The highest BCUT2D eigenvalue weighted by atomic mass is 127. The Morgan fingerprint density at radius 2 is 2.09 bits per heavy atom. The summed E-state index contributed by atoms with van der Waals surface area (Å²) in [5.41, 5.74) is 1.41. The minimum Gasteiger partial charge on any atom is -0.356 e. The molecular formula is C17H28IN3S. The number of halogens is 1. The van der Waals surface area contributed by atoms with Crippen LogP contribution >= 0.6 is 35.7 Å². The zero-order valence-electron chi connectivity index (χ0n) is 13.5. The van der Waals surface area contributed by atoms with Gasteiger partial charge in [0.1, 0.15) is 0 Å². The lowest BCUT2D eigenvalue weighted by Crippen LogP contribution is -2.40. The van der Waals surface area contributed by atoms with Crippen LogP contribution in [0.15, 0.2) is 35.3 Å². The number of guanidine groups is 1. The number of rotatable bonds is 6. The van der Waals surface area contributed by atoms with Gasteiger partial charge in [-0.1, -0.05) is 37.3 Å². The second-order valence-electron chi connectivity index (χ2n) is 5.62. The van der Waals surface area contributed by atoms with Crippen LogP contribution in [0.25, 0.3) is 0 Å². The quantitative estimate of drug-likeness (QED) is 0.407. The van der Waals surface area contributed by atoms with Crippen LogP contribution in [0.2, 0.25) is 0 Å². The molecule has 1 aliphatic heterocycles. The van der Waals surface area contributed by atoms with Gasteiger partial charge >= 0.3 is 0 Å². The van der Waals surface area contributed by atoms with Crippen molar-refractivity contribution in [3.05, 3.63) is 35.9 Å². The summed E-state index contributed by atoms with van der Waals surface area (Å²) in [6.45, 7) is 4.26. The van der Waals surface area contributed by atoms with Crippen LogP contribution in [-0.2, 0) is 0 Å². The fourth-order valence-corrected chi connectivity index (χ4v) is 3.79. The van der Waals surface area contributed by atoms with Crippen molar-refractivity contribution in [1.29, 1.82) is 0 Å². The molecule has 2 rings (SSSR count). The van der Waals surface area contributed by atoms with Crippen LogP contribution in [0, 0.1) is 0 Å². The molecule has 0 amide bonds. The Balaban J connectivity index is 0.00000242. The van der Waals surface area contributed by atoms with E-state index in [1.165, 1.54) is 24.2 Å². The van der Waals surface area contributed by atoms with Crippen LogP contribution in [0.4, 0.5) is 0 Å².